The van der Waals surface area contributed by atoms with Crippen molar-refractivity contribution in [1.29, 1.82) is 0 Å². The largest absolute Gasteiger partial charge is 0.351 e. The molecule has 0 aromatic carbocycles. The SMILES string of the molecule is CCCCCCCCCC(=O)NC(C)(CC)CCN. The summed E-state index contributed by atoms with van der Waals surface area (Å²) in [6.07, 6.45) is 11.2. The van der Waals surface area contributed by atoms with Crippen molar-refractivity contribution in [3.63, 3.8) is 0 Å². The Labute approximate surface area is 119 Å². The van der Waals surface area contributed by atoms with Gasteiger partial charge in [-0.25, -0.2) is 0 Å². The molecule has 19 heavy (non-hydrogen) atoms. The van der Waals surface area contributed by atoms with E-state index >= 15 is 0 Å². The van der Waals surface area contributed by atoms with E-state index in [4.69, 9.17) is 5.73 Å². The van der Waals surface area contributed by atoms with Gasteiger partial charge in [0.05, 0.1) is 0 Å². The van der Waals surface area contributed by atoms with E-state index in [1.54, 1.807) is 0 Å². The van der Waals surface area contributed by atoms with Crippen molar-refractivity contribution < 1.29 is 4.79 Å². The van der Waals surface area contributed by atoms with Gasteiger partial charge in [0, 0.05) is 12.0 Å². The third-order valence-electron chi connectivity index (χ3n) is 3.93. The quantitative estimate of drug-likeness (QED) is 0.530. The molecule has 0 aliphatic carbocycles. The van der Waals surface area contributed by atoms with E-state index in [2.05, 4.69) is 26.1 Å². The molecule has 0 heterocycles. The van der Waals surface area contributed by atoms with Gasteiger partial charge in [-0.3, -0.25) is 4.79 Å². The summed E-state index contributed by atoms with van der Waals surface area (Å²) in [6.45, 7) is 7.05. The van der Waals surface area contributed by atoms with E-state index in [1.165, 1.54) is 38.5 Å². The zero-order chi connectivity index (χ0) is 14.6. The van der Waals surface area contributed by atoms with Crippen molar-refractivity contribution in [1.82, 2.24) is 5.32 Å². The monoisotopic (exact) mass is 270 g/mol. The molecule has 1 atom stereocenters. The lowest BCUT2D eigenvalue weighted by Crippen LogP contribution is -2.46. The number of amides is 1. The molecule has 0 aliphatic heterocycles. The summed E-state index contributed by atoms with van der Waals surface area (Å²) in [5, 5.41) is 3.14. The van der Waals surface area contributed by atoms with Gasteiger partial charge in [-0.05, 0) is 32.7 Å². The van der Waals surface area contributed by atoms with E-state index in [-0.39, 0.29) is 11.4 Å². The van der Waals surface area contributed by atoms with Crippen LogP contribution in [0.15, 0.2) is 0 Å². The van der Waals surface area contributed by atoms with Crippen LogP contribution in [-0.2, 0) is 4.79 Å². The van der Waals surface area contributed by atoms with Crippen LogP contribution in [0.3, 0.4) is 0 Å². The van der Waals surface area contributed by atoms with Gasteiger partial charge in [0.15, 0.2) is 0 Å². The molecule has 0 rings (SSSR count). The average molecular weight is 270 g/mol. The summed E-state index contributed by atoms with van der Waals surface area (Å²) in [7, 11) is 0. The molecule has 0 saturated heterocycles. The lowest BCUT2D eigenvalue weighted by molar-refractivity contribution is -0.123. The number of rotatable bonds is 12. The zero-order valence-electron chi connectivity index (χ0n) is 13.3. The lowest BCUT2D eigenvalue weighted by Gasteiger charge is -2.29. The molecule has 0 saturated carbocycles. The summed E-state index contributed by atoms with van der Waals surface area (Å²) in [6, 6.07) is 0. The molecular formula is C16H34N2O. The molecule has 3 N–H and O–H groups in total. The molecule has 0 spiro atoms. The van der Waals surface area contributed by atoms with Gasteiger partial charge in [0.25, 0.3) is 0 Å². The Morgan fingerprint density at radius 3 is 2.16 bits per heavy atom. The summed E-state index contributed by atoms with van der Waals surface area (Å²) >= 11 is 0. The second kappa shape index (κ2) is 11.3. The van der Waals surface area contributed by atoms with Gasteiger partial charge in [0.1, 0.15) is 0 Å². The third kappa shape index (κ3) is 9.94. The van der Waals surface area contributed by atoms with E-state index in [0.29, 0.717) is 13.0 Å². The van der Waals surface area contributed by atoms with E-state index in [0.717, 1.165) is 19.3 Å². The fourth-order valence-corrected chi connectivity index (χ4v) is 2.29. The smallest absolute Gasteiger partial charge is 0.220 e. The molecule has 1 amide bonds. The molecular weight excluding hydrogens is 236 g/mol. The fraction of sp³-hybridized carbons (Fsp3) is 0.938. The number of carbonyl (C=O) groups is 1. The highest BCUT2D eigenvalue weighted by Crippen LogP contribution is 2.14. The van der Waals surface area contributed by atoms with Gasteiger partial charge < -0.3 is 11.1 Å². The number of nitrogens with one attached hydrogen (secondary N) is 1. The molecule has 3 heteroatoms. The molecule has 0 radical (unpaired) electrons. The number of carbonyl (C=O) groups excluding carboxylic acids is 1. The maximum Gasteiger partial charge on any atom is 0.220 e. The number of nitrogens with two attached hydrogens (primary N) is 1. The summed E-state index contributed by atoms with van der Waals surface area (Å²) < 4.78 is 0. The van der Waals surface area contributed by atoms with Crippen LogP contribution in [0, 0.1) is 0 Å². The Kier molecular flexibility index (Phi) is 10.9. The number of hydrogen-bond acceptors (Lipinski definition) is 2. The third-order valence-corrected chi connectivity index (χ3v) is 3.93. The molecule has 114 valence electrons. The van der Waals surface area contributed by atoms with Crippen molar-refractivity contribution in [2.75, 3.05) is 6.54 Å². The van der Waals surface area contributed by atoms with Crippen LogP contribution < -0.4 is 11.1 Å². The van der Waals surface area contributed by atoms with Crippen LogP contribution in [0.1, 0.15) is 85.0 Å². The fourth-order valence-electron chi connectivity index (χ4n) is 2.29. The first-order chi connectivity index (χ1) is 9.08. The summed E-state index contributed by atoms with van der Waals surface area (Å²) in [5.74, 6) is 0.186. The first-order valence-electron chi connectivity index (χ1n) is 8.09. The number of unbranched alkanes of at least 4 members (excludes halogenated alkanes) is 6. The Morgan fingerprint density at radius 2 is 1.63 bits per heavy atom. The standard InChI is InChI=1S/C16H34N2O/c1-4-6-7-8-9-10-11-12-15(19)18-16(3,5-2)13-14-17/h4-14,17H2,1-3H3,(H,18,19). The second-order valence-corrected chi connectivity index (χ2v) is 5.87. The molecule has 0 bridgehead atoms. The number of hydrogen-bond donors (Lipinski definition) is 2. The van der Waals surface area contributed by atoms with Crippen LogP contribution >= 0.6 is 0 Å². The minimum Gasteiger partial charge on any atom is -0.351 e. The van der Waals surface area contributed by atoms with Gasteiger partial charge in [-0.15, -0.1) is 0 Å². The molecule has 3 nitrogen and oxygen atoms in total. The molecule has 1 unspecified atom stereocenters. The van der Waals surface area contributed by atoms with Gasteiger partial charge >= 0.3 is 0 Å². The lowest BCUT2D eigenvalue weighted by atomic mass is 9.94. The minimum atomic E-state index is -0.118. The Morgan fingerprint density at radius 1 is 1.05 bits per heavy atom. The highest BCUT2D eigenvalue weighted by atomic mass is 16.1. The predicted molar refractivity (Wildman–Crippen MR) is 83.1 cm³/mol. The Bertz CT molecular complexity index is 231. The van der Waals surface area contributed by atoms with Crippen LogP contribution in [0.5, 0.6) is 0 Å². The second-order valence-electron chi connectivity index (χ2n) is 5.87. The minimum absolute atomic E-state index is 0.118. The van der Waals surface area contributed by atoms with Crippen LogP contribution in [-0.4, -0.2) is 18.0 Å². The van der Waals surface area contributed by atoms with Crippen LogP contribution in [0.25, 0.3) is 0 Å². The molecule has 0 aromatic heterocycles. The van der Waals surface area contributed by atoms with Crippen LogP contribution in [0.4, 0.5) is 0 Å². The van der Waals surface area contributed by atoms with Crippen molar-refractivity contribution in [3.05, 3.63) is 0 Å². The molecule has 0 fully saturated rings. The van der Waals surface area contributed by atoms with Gasteiger partial charge in [-0.1, -0.05) is 52.4 Å². The van der Waals surface area contributed by atoms with Gasteiger partial charge in [-0.2, -0.15) is 0 Å². The average Bonchev–Trinajstić information content (AvgIpc) is 2.38. The van der Waals surface area contributed by atoms with Crippen molar-refractivity contribution in [3.8, 4) is 0 Å². The summed E-state index contributed by atoms with van der Waals surface area (Å²) in [5.41, 5.74) is 5.48. The highest BCUT2D eigenvalue weighted by molar-refractivity contribution is 5.76. The topological polar surface area (TPSA) is 55.1 Å². The zero-order valence-corrected chi connectivity index (χ0v) is 13.3. The van der Waals surface area contributed by atoms with E-state index in [9.17, 15) is 4.79 Å². The van der Waals surface area contributed by atoms with E-state index < -0.39 is 0 Å². The van der Waals surface area contributed by atoms with Crippen molar-refractivity contribution >= 4 is 5.91 Å². The normalized spacial score (nSPS) is 14.1. The van der Waals surface area contributed by atoms with Crippen molar-refractivity contribution in [2.45, 2.75) is 90.5 Å². The molecule has 0 aliphatic rings. The maximum absolute atomic E-state index is 11.9. The van der Waals surface area contributed by atoms with Gasteiger partial charge in [0.2, 0.25) is 5.91 Å². The first kappa shape index (κ1) is 18.4. The predicted octanol–water partition coefficient (Wildman–Crippen LogP) is 3.76. The molecule has 0 aromatic rings. The Balaban J connectivity index is 3.63. The van der Waals surface area contributed by atoms with E-state index in [1.807, 2.05) is 0 Å². The Hall–Kier alpha value is -0.570. The highest BCUT2D eigenvalue weighted by Gasteiger charge is 2.22. The van der Waals surface area contributed by atoms with Crippen LogP contribution in [0.2, 0.25) is 0 Å². The van der Waals surface area contributed by atoms with Crippen molar-refractivity contribution in [2.24, 2.45) is 5.73 Å². The maximum atomic E-state index is 11.9. The first-order valence-corrected chi connectivity index (χ1v) is 8.09. The summed E-state index contributed by atoms with van der Waals surface area (Å²) in [4.78, 5) is 11.9.